The number of rotatable bonds is 3. The van der Waals surface area contributed by atoms with Gasteiger partial charge in [0.1, 0.15) is 12.1 Å². The minimum absolute atomic E-state index is 0.172. The smallest absolute Gasteiger partial charge is 0.278 e. The van der Waals surface area contributed by atoms with Gasteiger partial charge in [0.15, 0.2) is 5.82 Å². The summed E-state index contributed by atoms with van der Waals surface area (Å²) in [6, 6.07) is 8.26. The Labute approximate surface area is 146 Å². The van der Waals surface area contributed by atoms with Crippen molar-refractivity contribution < 1.29 is 4.79 Å². The van der Waals surface area contributed by atoms with Crippen molar-refractivity contribution in [2.75, 3.05) is 5.32 Å². The van der Waals surface area contributed by atoms with Gasteiger partial charge in [-0.1, -0.05) is 40.5 Å². The molecule has 0 atom stereocenters. The quantitative estimate of drug-likeness (QED) is 0.771. The number of nitrogens with one attached hydrogen (secondary N) is 1. The monoisotopic (exact) mass is 363 g/mol. The van der Waals surface area contributed by atoms with E-state index in [0.717, 1.165) is 4.68 Å². The molecule has 0 aliphatic rings. The van der Waals surface area contributed by atoms with Gasteiger partial charge in [0, 0.05) is 0 Å². The van der Waals surface area contributed by atoms with Crippen molar-refractivity contribution in [3.8, 4) is 0 Å². The Kier molecular flexibility index (Phi) is 4.46. The molecule has 3 aromatic rings. The first-order chi connectivity index (χ1) is 11.5. The fourth-order valence-electron chi connectivity index (χ4n) is 2.08. The maximum Gasteiger partial charge on any atom is 0.278 e. The van der Waals surface area contributed by atoms with Crippen LogP contribution in [-0.2, 0) is 11.3 Å². The van der Waals surface area contributed by atoms with Crippen LogP contribution in [0.25, 0.3) is 10.9 Å². The molecule has 0 unspecified atom stereocenters. The van der Waals surface area contributed by atoms with Crippen molar-refractivity contribution in [1.82, 2.24) is 20.0 Å². The second kappa shape index (κ2) is 6.54. The Hall–Kier alpha value is -2.51. The van der Waals surface area contributed by atoms with E-state index >= 15 is 0 Å². The summed E-state index contributed by atoms with van der Waals surface area (Å²) in [4.78, 5) is 28.6. The van der Waals surface area contributed by atoms with E-state index in [4.69, 9.17) is 23.2 Å². The number of pyridine rings is 1. The molecule has 0 bridgehead atoms. The van der Waals surface area contributed by atoms with Crippen LogP contribution in [0.3, 0.4) is 0 Å². The Morgan fingerprint density at radius 3 is 2.79 bits per heavy atom. The highest BCUT2D eigenvalue weighted by molar-refractivity contribution is 6.36. The number of nitrogens with zero attached hydrogens (tertiary/aromatic N) is 4. The number of anilines is 1. The average Bonchev–Trinajstić information content (AvgIpc) is 2.55. The first-order valence-electron chi connectivity index (χ1n) is 6.91. The first kappa shape index (κ1) is 16.4. The van der Waals surface area contributed by atoms with E-state index in [1.54, 1.807) is 31.2 Å². The first-order valence-corrected chi connectivity index (χ1v) is 7.66. The number of aryl methyl sites for hydroxylation is 1. The summed E-state index contributed by atoms with van der Waals surface area (Å²) >= 11 is 11.9. The van der Waals surface area contributed by atoms with Crippen molar-refractivity contribution in [3.63, 3.8) is 0 Å². The van der Waals surface area contributed by atoms with Gasteiger partial charge < -0.3 is 5.32 Å². The summed E-state index contributed by atoms with van der Waals surface area (Å²) in [5, 5.41) is 11.2. The molecule has 1 N–H and O–H groups in total. The molecule has 0 radical (unpaired) electrons. The van der Waals surface area contributed by atoms with Gasteiger partial charge in [-0.2, -0.15) is 0 Å². The summed E-state index contributed by atoms with van der Waals surface area (Å²) in [5.41, 5.74) is 0.596. The number of hydrogen-bond donors (Lipinski definition) is 1. The molecule has 0 saturated carbocycles. The maximum atomic E-state index is 12.3. The molecule has 3 rings (SSSR count). The van der Waals surface area contributed by atoms with Crippen LogP contribution in [0.2, 0.25) is 10.0 Å². The molecular formula is C15H11Cl2N5O2. The van der Waals surface area contributed by atoms with E-state index in [1.165, 1.54) is 6.07 Å². The lowest BCUT2D eigenvalue weighted by Crippen LogP contribution is -2.30. The SMILES string of the molecule is Cc1nc(NC(=O)Cn2nnc3ccccc3c2=O)c(Cl)cc1Cl. The molecule has 7 nitrogen and oxygen atoms in total. The molecule has 0 spiro atoms. The van der Waals surface area contributed by atoms with Crippen molar-refractivity contribution in [1.29, 1.82) is 0 Å². The number of benzene rings is 1. The molecule has 9 heteroatoms. The number of carbonyl (C=O) groups excluding carboxylic acids is 1. The summed E-state index contributed by atoms with van der Waals surface area (Å²) < 4.78 is 0.981. The molecule has 0 saturated heterocycles. The second-order valence-electron chi connectivity index (χ2n) is 5.00. The molecule has 1 amide bonds. The highest BCUT2D eigenvalue weighted by atomic mass is 35.5. The maximum absolute atomic E-state index is 12.3. The molecule has 0 aliphatic heterocycles. The van der Waals surface area contributed by atoms with Gasteiger partial charge in [0.25, 0.3) is 5.56 Å². The molecule has 0 fully saturated rings. The van der Waals surface area contributed by atoms with Crippen LogP contribution in [-0.4, -0.2) is 25.9 Å². The lowest BCUT2D eigenvalue weighted by molar-refractivity contribution is -0.117. The van der Waals surface area contributed by atoms with Gasteiger partial charge in [0.05, 0.1) is 21.1 Å². The molecule has 0 aliphatic carbocycles. The van der Waals surface area contributed by atoms with Gasteiger partial charge >= 0.3 is 0 Å². The number of amides is 1. The van der Waals surface area contributed by atoms with E-state index in [1.807, 2.05) is 0 Å². The summed E-state index contributed by atoms with van der Waals surface area (Å²) in [5.74, 6) is -0.330. The Morgan fingerprint density at radius 2 is 2.00 bits per heavy atom. The number of aromatic nitrogens is 4. The van der Waals surface area contributed by atoms with Crippen LogP contribution in [0, 0.1) is 6.92 Å². The topological polar surface area (TPSA) is 89.8 Å². The van der Waals surface area contributed by atoms with E-state index in [0.29, 0.717) is 21.6 Å². The van der Waals surface area contributed by atoms with E-state index in [-0.39, 0.29) is 17.4 Å². The number of carbonyl (C=O) groups is 1. The van der Waals surface area contributed by atoms with Crippen LogP contribution in [0.5, 0.6) is 0 Å². The van der Waals surface area contributed by atoms with E-state index in [2.05, 4.69) is 20.6 Å². The predicted molar refractivity (Wildman–Crippen MR) is 91.4 cm³/mol. The molecule has 2 heterocycles. The lowest BCUT2D eigenvalue weighted by Gasteiger charge is -2.09. The van der Waals surface area contributed by atoms with E-state index in [9.17, 15) is 9.59 Å². The van der Waals surface area contributed by atoms with Crippen LogP contribution in [0.15, 0.2) is 35.1 Å². The largest absolute Gasteiger partial charge is 0.308 e. The van der Waals surface area contributed by atoms with E-state index < -0.39 is 11.5 Å². The molecule has 24 heavy (non-hydrogen) atoms. The third-order valence-electron chi connectivity index (χ3n) is 3.29. The lowest BCUT2D eigenvalue weighted by atomic mass is 10.2. The molecule has 2 aromatic heterocycles. The summed E-state index contributed by atoms with van der Waals surface area (Å²) in [6.45, 7) is 1.38. The Morgan fingerprint density at radius 1 is 1.25 bits per heavy atom. The zero-order valence-electron chi connectivity index (χ0n) is 12.5. The Bertz CT molecular complexity index is 1000. The van der Waals surface area contributed by atoms with Crippen molar-refractivity contribution >= 4 is 45.8 Å². The normalized spacial score (nSPS) is 10.8. The Balaban J connectivity index is 1.84. The highest BCUT2D eigenvalue weighted by Gasteiger charge is 2.13. The zero-order valence-corrected chi connectivity index (χ0v) is 14.0. The van der Waals surface area contributed by atoms with Gasteiger partial charge in [-0.3, -0.25) is 9.59 Å². The van der Waals surface area contributed by atoms with Crippen LogP contribution >= 0.6 is 23.2 Å². The average molecular weight is 364 g/mol. The van der Waals surface area contributed by atoms with Crippen LogP contribution in [0.1, 0.15) is 5.69 Å². The standard InChI is InChI=1S/C15H11Cl2N5O2/c1-8-10(16)6-11(17)14(18-8)19-13(23)7-22-15(24)9-4-2-3-5-12(9)20-21-22/h2-6H,7H2,1H3,(H,18,19,23). The summed E-state index contributed by atoms with van der Waals surface area (Å²) in [6.07, 6.45) is 0. The van der Waals surface area contributed by atoms with Gasteiger partial charge in [0.2, 0.25) is 5.91 Å². The van der Waals surface area contributed by atoms with Crippen molar-refractivity contribution in [2.24, 2.45) is 0 Å². The zero-order chi connectivity index (χ0) is 17.3. The molecule has 1 aromatic carbocycles. The predicted octanol–water partition coefficient (Wildman–Crippen LogP) is 2.44. The second-order valence-corrected chi connectivity index (χ2v) is 5.82. The van der Waals surface area contributed by atoms with Crippen molar-refractivity contribution in [2.45, 2.75) is 13.5 Å². The number of hydrogen-bond acceptors (Lipinski definition) is 5. The highest BCUT2D eigenvalue weighted by Crippen LogP contribution is 2.25. The third kappa shape index (κ3) is 3.22. The third-order valence-corrected chi connectivity index (χ3v) is 3.96. The fourth-order valence-corrected chi connectivity index (χ4v) is 2.49. The minimum Gasteiger partial charge on any atom is -0.308 e. The van der Waals surface area contributed by atoms with Crippen LogP contribution < -0.4 is 10.9 Å². The van der Waals surface area contributed by atoms with Crippen molar-refractivity contribution in [3.05, 3.63) is 56.4 Å². The minimum atomic E-state index is -0.502. The summed E-state index contributed by atoms with van der Waals surface area (Å²) in [7, 11) is 0. The number of fused-ring (bicyclic) bond motifs is 1. The van der Waals surface area contributed by atoms with Gasteiger partial charge in [-0.15, -0.1) is 5.10 Å². The van der Waals surface area contributed by atoms with Gasteiger partial charge in [-0.05, 0) is 25.1 Å². The number of halogens is 2. The van der Waals surface area contributed by atoms with Crippen LogP contribution in [0.4, 0.5) is 5.82 Å². The van der Waals surface area contributed by atoms with Gasteiger partial charge in [-0.25, -0.2) is 9.67 Å². The molecular weight excluding hydrogens is 353 g/mol. The fraction of sp³-hybridized carbons (Fsp3) is 0.133. The molecule has 122 valence electrons.